The topological polar surface area (TPSA) is 45.9 Å². The van der Waals surface area contributed by atoms with Crippen LogP contribution in [0.3, 0.4) is 0 Å². The third-order valence-corrected chi connectivity index (χ3v) is 4.05. The van der Waals surface area contributed by atoms with E-state index in [1.807, 2.05) is 6.07 Å². The van der Waals surface area contributed by atoms with E-state index in [0.29, 0.717) is 6.04 Å². The van der Waals surface area contributed by atoms with Crippen LogP contribution in [0.1, 0.15) is 43.1 Å². The summed E-state index contributed by atoms with van der Waals surface area (Å²) in [7, 11) is 1.36. The van der Waals surface area contributed by atoms with Gasteiger partial charge in [0, 0.05) is 32.2 Å². The molecule has 1 fully saturated rings. The van der Waals surface area contributed by atoms with Gasteiger partial charge in [-0.25, -0.2) is 4.79 Å². The summed E-state index contributed by atoms with van der Waals surface area (Å²) in [5, 5.41) is 0. The van der Waals surface area contributed by atoms with Crippen LogP contribution < -0.4 is 0 Å². The summed E-state index contributed by atoms with van der Waals surface area (Å²) in [6.07, 6.45) is 0. The molecule has 5 nitrogen and oxygen atoms in total. The Balaban J connectivity index is 1.96. The molecule has 0 spiro atoms. The lowest BCUT2D eigenvalue weighted by Crippen LogP contribution is -2.49. The van der Waals surface area contributed by atoms with Crippen molar-refractivity contribution >= 4 is 5.97 Å². The Hall–Kier alpha value is -1.33. The van der Waals surface area contributed by atoms with Crippen molar-refractivity contribution in [3.05, 3.63) is 23.7 Å². The zero-order chi connectivity index (χ0) is 14.7. The zero-order valence-electron chi connectivity index (χ0n) is 12.8. The summed E-state index contributed by atoms with van der Waals surface area (Å²) in [6.45, 7) is 10.8. The third-order valence-electron chi connectivity index (χ3n) is 4.05. The lowest BCUT2D eigenvalue weighted by molar-refractivity contribution is 0.0546. The molecular weight excluding hydrogens is 256 g/mol. The van der Waals surface area contributed by atoms with E-state index in [1.54, 1.807) is 6.07 Å². The highest BCUT2D eigenvalue weighted by atomic mass is 16.5. The normalized spacial score (nSPS) is 19.2. The first-order valence-corrected chi connectivity index (χ1v) is 7.19. The smallest absolute Gasteiger partial charge is 0.373 e. The Kier molecular flexibility index (Phi) is 4.83. The van der Waals surface area contributed by atoms with Gasteiger partial charge in [0.1, 0.15) is 5.76 Å². The second-order valence-electron chi connectivity index (χ2n) is 5.54. The fourth-order valence-corrected chi connectivity index (χ4v) is 2.61. The fourth-order valence-electron chi connectivity index (χ4n) is 2.61. The molecule has 2 rings (SSSR count). The molecule has 20 heavy (non-hydrogen) atoms. The number of piperazine rings is 1. The highest BCUT2D eigenvalue weighted by Gasteiger charge is 2.25. The largest absolute Gasteiger partial charge is 0.463 e. The number of furan rings is 1. The van der Waals surface area contributed by atoms with Crippen LogP contribution in [-0.4, -0.2) is 55.1 Å². The second-order valence-corrected chi connectivity index (χ2v) is 5.54. The summed E-state index contributed by atoms with van der Waals surface area (Å²) in [4.78, 5) is 16.3. The van der Waals surface area contributed by atoms with E-state index in [9.17, 15) is 4.79 Å². The molecule has 1 aromatic rings. The van der Waals surface area contributed by atoms with Gasteiger partial charge >= 0.3 is 5.97 Å². The predicted molar refractivity (Wildman–Crippen MR) is 76.7 cm³/mol. The summed E-state index contributed by atoms with van der Waals surface area (Å²) in [5.74, 6) is 0.673. The summed E-state index contributed by atoms with van der Waals surface area (Å²) >= 11 is 0. The molecule has 1 aromatic heterocycles. The number of carbonyl (C=O) groups excluding carboxylic acids is 1. The van der Waals surface area contributed by atoms with Gasteiger partial charge in [0.2, 0.25) is 5.76 Å². The first-order chi connectivity index (χ1) is 9.52. The third kappa shape index (κ3) is 3.22. The molecule has 0 N–H and O–H groups in total. The number of ether oxygens (including phenoxy) is 1. The minimum absolute atomic E-state index is 0.183. The maximum Gasteiger partial charge on any atom is 0.373 e. The van der Waals surface area contributed by atoms with E-state index in [2.05, 4.69) is 35.3 Å². The molecular formula is C15H24N2O3. The fraction of sp³-hybridized carbons (Fsp3) is 0.667. The van der Waals surface area contributed by atoms with Crippen molar-refractivity contribution in [3.63, 3.8) is 0 Å². The molecule has 1 saturated heterocycles. The minimum atomic E-state index is -0.423. The van der Waals surface area contributed by atoms with Gasteiger partial charge in [-0.1, -0.05) is 0 Å². The van der Waals surface area contributed by atoms with Crippen LogP contribution in [0.15, 0.2) is 16.5 Å². The van der Waals surface area contributed by atoms with Crippen LogP contribution in [0, 0.1) is 0 Å². The van der Waals surface area contributed by atoms with E-state index in [0.717, 1.165) is 31.9 Å². The minimum Gasteiger partial charge on any atom is -0.463 e. The molecule has 5 heteroatoms. The molecule has 1 atom stereocenters. The Morgan fingerprint density at radius 1 is 1.15 bits per heavy atom. The van der Waals surface area contributed by atoms with Gasteiger partial charge in [0.15, 0.2) is 0 Å². The Morgan fingerprint density at radius 2 is 1.75 bits per heavy atom. The van der Waals surface area contributed by atoms with Crippen molar-refractivity contribution in [2.24, 2.45) is 0 Å². The maximum absolute atomic E-state index is 11.4. The van der Waals surface area contributed by atoms with E-state index in [4.69, 9.17) is 4.42 Å². The standard InChI is InChI=1S/C15H24N2O3/c1-11(2)16-7-9-17(10-8-16)12(3)13-5-6-14(20-13)15(18)19-4/h5-6,11-12H,7-10H2,1-4H3. The van der Waals surface area contributed by atoms with E-state index >= 15 is 0 Å². The molecule has 0 radical (unpaired) electrons. The maximum atomic E-state index is 11.4. The predicted octanol–water partition coefficient (Wildman–Crippen LogP) is 2.15. The van der Waals surface area contributed by atoms with E-state index in [-0.39, 0.29) is 11.8 Å². The van der Waals surface area contributed by atoms with Gasteiger partial charge in [0.25, 0.3) is 0 Å². The van der Waals surface area contributed by atoms with Crippen molar-refractivity contribution in [3.8, 4) is 0 Å². The molecule has 1 aliphatic rings. The van der Waals surface area contributed by atoms with E-state index in [1.165, 1.54) is 7.11 Å². The monoisotopic (exact) mass is 280 g/mol. The highest BCUT2D eigenvalue weighted by molar-refractivity contribution is 5.86. The van der Waals surface area contributed by atoms with Crippen molar-refractivity contribution in [1.82, 2.24) is 9.80 Å². The molecule has 112 valence electrons. The quantitative estimate of drug-likeness (QED) is 0.791. The molecule has 0 aliphatic carbocycles. The van der Waals surface area contributed by atoms with Gasteiger partial charge in [-0.15, -0.1) is 0 Å². The van der Waals surface area contributed by atoms with Crippen LogP contribution in [0.4, 0.5) is 0 Å². The average Bonchev–Trinajstić information content (AvgIpc) is 2.95. The number of rotatable bonds is 4. The molecule has 0 saturated carbocycles. The lowest BCUT2D eigenvalue weighted by Gasteiger charge is -2.39. The molecule has 0 aromatic carbocycles. The van der Waals surface area contributed by atoms with Crippen molar-refractivity contribution in [2.45, 2.75) is 32.9 Å². The van der Waals surface area contributed by atoms with Crippen LogP contribution >= 0.6 is 0 Å². The van der Waals surface area contributed by atoms with Gasteiger partial charge in [0.05, 0.1) is 13.2 Å². The molecule has 1 unspecified atom stereocenters. The van der Waals surface area contributed by atoms with Crippen molar-refractivity contribution in [1.29, 1.82) is 0 Å². The molecule has 0 bridgehead atoms. The van der Waals surface area contributed by atoms with Gasteiger partial charge in [-0.05, 0) is 32.9 Å². The zero-order valence-corrected chi connectivity index (χ0v) is 12.8. The Labute approximate surface area is 120 Å². The van der Waals surface area contributed by atoms with Crippen LogP contribution in [0.5, 0.6) is 0 Å². The number of esters is 1. The van der Waals surface area contributed by atoms with Gasteiger partial charge in [-0.2, -0.15) is 0 Å². The number of methoxy groups -OCH3 is 1. The number of hydrogen-bond acceptors (Lipinski definition) is 5. The summed E-state index contributed by atoms with van der Waals surface area (Å²) in [6, 6.07) is 4.33. The van der Waals surface area contributed by atoms with Gasteiger partial charge < -0.3 is 9.15 Å². The summed E-state index contributed by atoms with van der Waals surface area (Å²) < 4.78 is 10.3. The highest BCUT2D eigenvalue weighted by Crippen LogP contribution is 2.24. The number of carbonyl (C=O) groups is 1. The number of hydrogen-bond donors (Lipinski definition) is 0. The lowest BCUT2D eigenvalue weighted by atomic mass is 10.1. The molecule has 1 aliphatic heterocycles. The van der Waals surface area contributed by atoms with Crippen molar-refractivity contribution in [2.75, 3.05) is 33.3 Å². The van der Waals surface area contributed by atoms with Crippen LogP contribution in [0.25, 0.3) is 0 Å². The van der Waals surface area contributed by atoms with Crippen LogP contribution in [-0.2, 0) is 4.74 Å². The molecule has 0 amide bonds. The van der Waals surface area contributed by atoms with Gasteiger partial charge in [-0.3, -0.25) is 9.80 Å². The Morgan fingerprint density at radius 3 is 2.30 bits per heavy atom. The number of nitrogens with zero attached hydrogens (tertiary/aromatic N) is 2. The van der Waals surface area contributed by atoms with Crippen molar-refractivity contribution < 1.29 is 13.9 Å². The SMILES string of the molecule is COC(=O)c1ccc(C(C)N2CCN(C(C)C)CC2)o1. The second kappa shape index (κ2) is 6.41. The average molecular weight is 280 g/mol. The Bertz CT molecular complexity index is 448. The first-order valence-electron chi connectivity index (χ1n) is 7.19. The summed E-state index contributed by atoms with van der Waals surface area (Å²) in [5.41, 5.74) is 0. The molecule has 2 heterocycles. The first kappa shape index (κ1) is 15.1. The van der Waals surface area contributed by atoms with Crippen LogP contribution in [0.2, 0.25) is 0 Å². The van der Waals surface area contributed by atoms with E-state index < -0.39 is 5.97 Å².